The van der Waals surface area contributed by atoms with E-state index in [1.807, 2.05) is 6.07 Å². The number of anilines is 1. The van der Waals surface area contributed by atoms with Gasteiger partial charge in [0.2, 0.25) is 5.95 Å². The number of hydrogen-bond acceptors (Lipinski definition) is 5. The van der Waals surface area contributed by atoms with Crippen molar-refractivity contribution < 1.29 is 0 Å². The number of hydrogen-bond donors (Lipinski definition) is 2. The molecule has 0 aromatic carbocycles. The van der Waals surface area contributed by atoms with Crippen molar-refractivity contribution in [3.8, 4) is 10.7 Å². The van der Waals surface area contributed by atoms with Crippen molar-refractivity contribution in [3.05, 3.63) is 17.0 Å². The lowest BCUT2D eigenvalue weighted by atomic mass is 10.3. The quantitative estimate of drug-likeness (QED) is 0.719. The Hall–Kier alpha value is -1.56. The van der Waals surface area contributed by atoms with Gasteiger partial charge in [-0.1, -0.05) is 6.92 Å². The van der Waals surface area contributed by atoms with Gasteiger partial charge in [0.15, 0.2) is 5.82 Å². The molecule has 2 heterocycles. The first-order valence-electron chi connectivity index (χ1n) is 4.27. The van der Waals surface area contributed by atoms with Gasteiger partial charge in [0, 0.05) is 4.88 Å². The molecule has 0 bridgehead atoms. The fourth-order valence-electron chi connectivity index (χ4n) is 1.16. The molecule has 0 saturated carbocycles. The lowest BCUT2D eigenvalue weighted by Gasteiger charge is -1.96. The van der Waals surface area contributed by atoms with Crippen LogP contribution in [0.3, 0.4) is 0 Å². The van der Waals surface area contributed by atoms with Crippen LogP contribution in [0.15, 0.2) is 12.1 Å². The monoisotopic (exact) mass is 209 g/mol. The Morgan fingerprint density at radius 2 is 2.21 bits per heavy atom. The molecule has 0 aliphatic rings. The van der Waals surface area contributed by atoms with Crippen LogP contribution >= 0.6 is 11.3 Å². The highest BCUT2D eigenvalue weighted by Gasteiger charge is 2.10. The van der Waals surface area contributed by atoms with Gasteiger partial charge in [0.25, 0.3) is 0 Å². The summed E-state index contributed by atoms with van der Waals surface area (Å²) < 4.78 is 1.30. The fraction of sp³-hybridized carbons (Fsp3) is 0.250. The molecular weight excluding hydrogens is 198 g/mol. The van der Waals surface area contributed by atoms with Crippen LogP contribution in [-0.2, 0) is 6.42 Å². The second-order valence-corrected chi connectivity index (χ2v) is 4.04. The first-order valence-corrected chi connectivity index (χ1v) is 5.09. The summed E-state index contributed by atoms with van der Waals surface area (Å²) in [5, 5.41) is 7.61. The largest absolute Gasteiger partial charge is 0.366 e. The standard InChI is InChI=1S/C8H11N5S/c1-2-5-3-4-6(14-5)7-11-12-8(9)13(7)10/h3-4H,2,10H2,1H3,(H2,9,12). The number of thiophene rings is 1. The lowest BCUT2D eigenvalue weighted by molar-refractivity contribution is 1.03. The van der Waals surface area contributed by atoms with Crippen molar-refractivity contribution in [2.75, 3.05) is 11.6 Å². The van der Waals surface area contributed by atoms with Gasteiger partial charge in [-0.05, 0) is 18.6 Å². The molecule has 0 amide bonds. The number of rotatable bonds is 2. The Morgan fingerprint density at radius 1 is 1.43 bits per heavy atom. The van der Waals surface area contributed by atoms with Crippen LogP contribution in [0, 0.1) is 0 Å². The lowest BCUT2D eigenvalue weighted by Crippen LogP contribution is -2.12. The highest BCUT2D eigenvalue weighted by atomic mass is 32.1. The van der Waals surface area contributed by atoms with E-state index in [1.165, 1.54) is 9.55 Å². The molecule has 6 heteroatoms. The average Bonchev–Trinajstić information content (AvgIpc) is 2.75. The van der Waals surface area contributed by atoms with E-state index >= 15 is 0 Å². The third-order valence-electron chi connectivity index (χ3n) is 1.95. The van der Waals surface area contributed by atoms with E-state index in [1.54, 1.807) is 11.3 Å². The topological polar surface area (TPSA) is 82.8 Å². The zero-order valence-electron chi connectivity index (χ0n) is 7.77. The number of nitrogen functional groups attached to an aromatic ring is 2. The molecule has 2 aromatic heterocycles. The Labute approximate surface area is 85.3 Å². The number of aryl methyl sites for hydroxylation is 1. The minimum Gasteiger partial charge on any atom is -0.366 e. The second kappa shape index (κ2) is 3.30. The Balaban J connectivity index is 2.44. The van der Waals surface area contributed by atoms with Crippen LogP contribution in [-0.4, -0.2) is 14.9 Å². The van der Waals surface area contributed by atoms with Crippen molar-refractivity contribution in [1.82, 2.24) is 14.9 Å². The molecule has 0 aliphatic heterocycles. The van der Waals surface area contributed by atoms with Crippen LogP contribution in [0.25, 0.3) is 10.7 Å². The van der Waals surface area contributed by atoms with Gasteiger partial charge in [-0.2, -0.15) is 0 Å². The van der Waals surface area contributed by atoms with Gasteiger partial charge in [-0.15, -0.1) is 21.5 Å². The molecule has 0 radical (unpaired) electrons. The fourth-order valence-corrected chi connectivity index (χ4v) is 2.09. The third-order valence-corrected chi connectivity index (χ3v) is 3.18. The summed E-state index contributed by atoms with van der Waals surface area (Å²) in [4.78, 5) is 2.29. The Bertz CT molecular complexity index is 444. The minimum absolute atomic E-state index is 0.228. The highest BCUT2D eigenvalue weighted by Crippen LogP contribution is 2.26. The van der Waals surface area contributed by atoms with Crippen molar-refractivity contribution in [1.29, 1.82) is 0 Å². The molecule has 5 nitrogen and oxygen atoms in total. The third kappa shape index (κ3) is 1.33. The maximum atomic E-state index is 5.66. The molecule has 0 spiro atoms. The Morgan fingerprint density at radius 3 is 2.71 bits per heavy atom. The van der Waals surface area contributed by atoms with E-state index in [2.05, 4.69) is 23.2 Å². The van der Waals surface area contributed by atoms with E-state index in [9.17, 15) is 0 Å². The maximum absolute atomic E-state index is 5.66. The average molecular weight is 209 g/mol. The predicted molar refractivity (Wildman–Crippen MR) is 57.3 cm³/mol. The second-order valence-electron chi connectivity index (χ2n) is 2.87. The SMILES string of the molecule is CCc1ccc(-c2nnc(N)n2N)s1. The smallest absolute Gasteiger partial charge is 0.241 e. The molecule has 2 aromatic rings. The van der Waals surface area contributed by atoms with Gasteiger partial charge in [0.1, 0.15) is 0 Å². The van der Waals surface area contributed by atoms with Crippen LogP contribution < -0.4 is 11.6 Å². The van der Waals surface area contributed by atoms with E-state index in [4.69, 9.17) is 11.6 Å². The summed E-state index contributed by atoms with van der Waals surface area (Å²) in [6.45, 7) is 2.11. The van der Waals surface area contributed by atoms with Crippen molar-refractivity contribution in [3.63, 3.8) is 0 Å². The van der Waals surface area contributed by atoms with E-state index in [0.717, 1.165) is 11.3 Å². The van der Waals surface area contributed by atoms with Crippen molar-refractivity contribution in [2.24, 2.45) is 0 Å². The molecule has 0 atom stereocenters. The minimum atomic E-state index is 0.228. The first-order chi connectivity index (χ1) is 6.72. The molecule has 0 fully saturated rings. The van der Waals surface area contributed by atoms with Crippen LogP contribution in [0.4, 0.5) is 5.95 Å². The number of aromatic nitrogens is 3. The predicted octanol–water partition coefficient (Wildman–Crippen LogP) is 0.865. The Kier molecular flexibility index (Phi) is 2.12. The van der Waals surface area contributed by atoms with Gasteiger partial charge in [-0.3, -0.25) is 0 Å². The van der Waals surface area contributed by atoms with Gasteiger partial charge in [-0.25, -0.2) is 4.68 Å². The molecule has 4 N–H and O–H groups in total. The first kappa shape index (κ1) is 9.01. The summed E-state index contributed by atoms with van der Waals surface area (Å²) in [5.74, 6) is 6.50. The summed E-state index contributed by atoms with van der Waals surface area (Å²) in [6, 6.07) is 4.04. The molecule has 0 unspecified atom stereocenters. The molecule has 2 rings (SSSR count). The molecule has 0 saturated heterocycles. The van der Waals surface area contributed by atoms with Crippen molar-refractivity contribution >= 4 is 17.3 Å². The number of nitrogens with zero attached hydrogens (tertiary/aromatic N) is 3. The number of nitrogens with two attached hydrogens (primary N) is 2. The summed E-state index contributed by atoms with van der Waals surface area (Å²) in [7, 11) is 0. The molecular formula is C8H11N5S. The van der Waals surface area contributed by atoms with Crippen LogP contribution in [0.2, 0.25) is 0 Å². The van der Waals surface area contributed by atoms with Crippen LogP contribution in [0.1, 0.15) is 11.8 Å². The molecule has 0 aliphatic carbocycles. The highest BCUT2D eigenvalue weighted by molar-refractivity contribution is 7.15. The zero-order valence-corrected chi connectivity index (χ0v) is 8.58. The van der Waals surface area contributed by atoms with Gasteiger partial charge < -0.3 is 11.6 Å². The zero-order chi connectivity index (χ0) is 10.1. The van der Waals surface area contributed by atoms with Crippen LogP contribution in [0.5, 0.6) is 0 Å². The van der Waals surface area contributed by atoms with Crippen molar-refractivity contribution in [2.45, 2.75) is 13.3 Å². The van der Waals surface area contributed by atoms with E-state index in [0.29, 0.717) is 5.82 Å². The van der Waals surface area contributed by atoms with Gasteiger partial charge in [0.05, 0.1) is 4.88 Å². The summed E-state index contributed by atoms with van der Waals surface area (Å²) in [6.07, 6.45) is 1.01. The van der Waals surface area contributed by atoms with E-state index in [-0.39, 0.29) is 5.95 Å². The van der Waals surface area contributed by atoms with E-state index < -0.39 is 0 Å². The maximum Gasteiger partial charge on any atom is 0.241 e. The molecule has 74 valence electrons. The summed E-state index contributed by atoms with van der Waals surface area (Å²) >= 11 is 1.65. The normalized spacial score (nSPS) is 10.6. The summed E-state index contributed by atoms with van der Waals surface area (Å²) in [5.41, 5.74) is 5.49. The molecule has 14 heavy (non-hydrogen) atoms. The van der Waals surface area contributed by atoms with Gasteiger partial charge >= 0.3 is 0 Å².